The largest absolute Gasteiger partial charge is 0.480 e. The van der Waals surface area contributed by atoms with E-state index in [4.69, 9.17) is 5.11 Å². The van der Waals surface area contributed by atoms with E-state index < -0.39 is 35.7 Å². The van der Waals surface area contributed by atoms with Crippen molar-refractivity contribution in [1.29, 1.82) is 0 Å². The summed E-state index contributed by atoms with van der Waals surface area (Å²) in [6.07, 6.45) is 2.18. The van der Waals surface area contributed by atoms with Crippen molar-refractivity contribution >= 4 is 29.5 Å². The number of hydrogen-bond acceptors (Lipinski definition) is 5. The summed E-state index contributed by atoms with van der Waals surface area (Å²) in [5.74, 6) is -3.66. The molecule has 0 unspecified atom stereocenters. The maximum absolute atomic E-state index is 12.1. The third-order valence-corrected chi connectivity index (χ3v) is 3.83. The van der Waals surface area contributed by atoms with Crippen molar-refractivity contribution < 1.29 is 29.1 Å². The molecule has 1 aliphatic heterocycles. The molecule has 0 radical (unpaired) electrons. The predicted octanol–water partition coefficient (Wildman–Crippen LogP) is 0.122. The van der Waals surface area contributed by atoms with Crippen LogP contribution in [0.15, 0.2) is 12.2 Å². The number of nitrogens with zero attached hydrogens (tertiary/aromatic N) is 1. The second kappa shape index (κ2) is 8.37. The Morgan fingerprint density at radius 3 is 2.12 bits per heavy atom. The molecule has 1 heterocycles. The van der Waals surface area contributed by atoms with E-state index in [-0.39, 0.29) is 31.1 Å². The van der Waals surface area contributed by atoms with Crippen LogP contribution in [-0.4, -0.2) is 52.1 Å². The summed E-state index contributed by atoms with van der Waals surface area (Å²) in [4.78, 5) is 58.8. The van der Waals surface area contributed by atoms with Crippen molar-refractivity contribution in [2.75, 3.05) is 6.54 Å². The van der Waals surface area contributed by atoms with Gasteiger partial charge in [-0.15, -0.1) is 0 Å². The van der Waals surface area contributed by atoms with Crippen LogP contribution in [0.25, 0.3) is 0 Å². The van der Waals surface area contributed by atoms with Crippen molar-refractivity contribution in [3.05, 3.63) is 12.2 Å². The van der Waals surface area contributed by atoms with Crippen LogP contribution in [-0.2, 0) is 24.0 Å². The third kappa shape index (κ3) is 5.29. The first-order chi connectivity index (χ1) is 11.1. The van der Waals surface area contributed by atoms with Crippen LogP contribution in [0.3, 0.4) is 0 Å². The molecule has 0 aromatic rings. The summed E-state index contributed by atoms with van der Waals surface area (Å²) < 4.78 is 0. The van der Waals surface area contributed by atoms with Gasteiger partial charge in [0.1, 0.15) is 11.8 Å². The Labute approximate surface area is 139 Å². The lowest BCUT2D eigenvalue weighted by molar-refractivity contribution is -0.142. The topological polar surface area (TPSA) is 121 Å². The van der Waals surface area contributed by atoms with Gasteiger partial charge in [0.2, 0.25) is 5.91 Å². The number of hydrogen-bond donors (Lipinski definition) is 2. The van der Waals surface area contributed by atoms with Crippen molar-refractivity contribution in [1.82, 2.24) is 10.2 Å². The van der Waals surface area contributed by atoms with Crippen LogP contribution in [0.1, 0.15) is 33.6 Å². The molecule has 8 heteroatoms. The highest BCUT2D eigenvalue weighted by Crippen LogP contribution is 2.18. The van der Waals surface area contributed by atoms with Gasteiger partial charge in [-0.3, -0.25) is 28.9 Å². The molecule has 0 aliphatic carbocycles. The van der Waals surface area contributed by atoms with Crippen LogP contribution >= 0.6 is 0 Å². The highest BCUT2D eigenvalue weighted by molar-refractivity contribution is 6.13. The first-order valence-corrected chi connectivity index (χ1v) is 7.72. The summed E-state index contributed by atoms with van der Waals surface area (Å²) in [6, 6.07) is -1.04. The molecule has 3 amide bonds. The normalized spacial score (nSPS) is 16.4. The number of carboxylic acids is 1. The highest BCUT2D eigenvalue weighted by atomic mass is 16.4. The van der Waals surface area contributed by atoms with Crippen LogP contribution in [0.4, 0.5) is 0 Å². The van der Waals surface area contributed by atoms with E-state index >= 15 is 0 Å². The number of amides is 3. The Balaban J connectivity index is 2.57. The van der Waals surface area contributed by atoms with E-state index in [0.29, 0.717) is 0 Å². The van der Waals surface area contributed by atoms with Crippen molar-refractivity contribution in [3.8, 4) is 0 Å². The molecule has 0 saturated heterocycles. The van der Waals surface area contributed by atoms with Crippen LogP contribution in [0, 0.1) is 11.8 Å². The van der Waals surface area contributed by atoms with E-state index in [2.05, 4.69) is 5.32 Å². The fourth-order valence-electron chi connectivity index (χ4n) is 2.25. The van der Waals surface area contributed by atoms with Crippen molar-refractivity contribution in [3.63, 3.8) is 0 Å². The van der Waals surface area contributed by atoms with Crippen LogP contribution in [0.5, 0.6) is 0 Å². The Morgan fingerprint density at radius 1 is 1.12 bits per heavy atom. The third-order valence-electron chi connectivity index (χ3n) is 3.83. The van der Waals surface area contributed by atoms with Crippen molar-refractivity contribution in [2.45, 2.75) is 39.7 Å². The SMILES string of the molecule is CC(C)[C@H](CC(=O)CCN1C(=O)C=CC1=O)C(=O)N[C@@H](C)C(=O)O. The molecule has 1 rings (SSSR count). The van der Waals surface area contributed by atoms with Gasteiger partial charge >= 0.3 is 5.97 Å². The molecule has 8 nitrogen and oxygen atoms in total. The second-order valence-corrected chi connectivity index (χ2v) is 6.07. The smallest absolute Gasteiger partial charge is 0.325 e. The maximum atomic E-state index is 12.1. The van der Waals surface area contributed by atoms with Crippen LogP contribution in [0.2, 0.25) is 0 Å². The number of nitrogens with one attached hydrogen (secondary N) is 1. The number of Topliss-reactive ketones (excluding diaryl/α,β-unsaturated/α-hetero) is 1. The highest BCUT2D eigenvalue weighted by Gasteiger charge is 2.29. The summed E-state index contributed by atoms with van der Waals surface area (Å²) in [6.45, 7) is 4.85. The van der Waals surface area contributed by atoms with Gasteiger partial charge in [0, 0.05) is 37.5 Å². The van der Waals surface area contributed by atoms with Crippen LogP contribution < -0.4 is 5.32 Å². The lowest BCUT2D eigenvalue weighted by atomic mass is 9.89. The molecule has 2 N–H and O–H groups in total. The zero-order valence-corrected chi connectivity index (χ0v) is 13.9. The molecule has 2 atom stereocenters. The first kappa shape index (κ1) is 19.5. The lowest BCUT2D eigenvalue weighted by Gasteiger charge is -2.21. The number of carbonyl (C=O) groups is 5. The molecule has 24 heavy (non-hydrogen) atoms. The molecule has 0 aromatic carbocycles. The van der Waals surface area contributed by atoms with E-state index in [0.717, 1.165) is 17.1 Å². The standard InChI is InChI=1S/C16H22N2O6/c1-9(2)12(15(22)17-10(3)16(23)24)8-11(19)6-7-18-13(20)4-5-14(18)21/h4-5,9-10,12H,6-8H2,1-3H3,(H,17,22)(H,23,24)/t10-,12-/m0/s1. The molecule has 0 fully saturated rings. The Bertz CT molecular complexity index is 563. The van der Waals surface area contributed by atoms with Crippen molar-refractivity contribution in [2.24, 2.45) is 11.8 Å². The molecular formula is C16H22N2O6. The predicted molar refractivity (Wildman–Crippen MR) is 83.7 cm³/mol. The lowest BCUT2D eigenvalue weighted by Crippen LogP contribution is -2.43. The average molecular weight is 338 g/mol. The first-order valence-electron chi connectivity index (χ1n) is 7.72. The fourth-order valence-corrected chi connectivity index (χ4v) is 2.25. The molecule has 132 valence electrons. The van der Waals surface area contributed by atoms with E-state index in [9.17, 15) is 24.0 Å². The number of carboxylic acid groups (broad SMARTS) is 1. The second-order valence-electron chi connectivity index (χ2n) is 6.07. The van der Waals surface area contributed by atoms with Gasteiger partial charge in [-0.25, -0.2) is 0 Å². The zero-order chi connectivity index (χ0) is 18.4. The number of ketones is 1. The molecular weight excluding hydrogens is 316 g/mol. The number of rotatable bonds is 9. The molecule has 0 aromatic heterocycles. The average Bonchev–Trinajstić information content (AvgIpc) is 2.80. The Kier molecular flexibility index (Phi) is 6.82. The van der Waals surface area contributed by atoms with Gasteiger partial charge < -0.3 is 10.4 Å². The number of imide groups is 1. The number of carbonyl (C=O) groups excluding carboxylic acids is 4. The van der Waals surface area contributed by atoms with Gasteiger partial charge in [0.25, 0.3) is 11.8 Å². The molecule has 1 aliphatic rings. The Hall–Kier alpha value is -2.51. The minimum Gasteiger partial charge on any atom is -0.480 e. The van der Waals surface area contributed by atoms with Gasteiger partial charge in [-0.05, 0) is 12.8 Å². The fraction of sp³-hybridized carbons (Fsp3) is 0.562. The molecule has 0 saturated carbocycles. The summed E-state index contributed by atoms with van der Waals surface area (Å²) in [7, 11) is 0. The quantitative estimate of drug-likeness (QED) is 0.576. The molecule has 0 spiro atoms. The maximum Gasteiger partial charge on any atom is 0.325 e. The van der Waals surface area contributed by atoms with E-state index in [1.807, 2.05) is 0 Å². The number of aliphatic carboxylic acids is 1. The minimum atomic E-state index is -1.16. The van der Waals surface area contributed by atoms with Gasteiger partial charge in [0.05, 0.1) is 0 Å². The summed E-state index contributed by atoms with van der Waals surface area (Å²) >= 11 is 0. The minimum absolute atomic E-state index is 0.0263. The monoisotopic (exact) mass is 338 g/mol. The Morgan fingerprint density at radius 2 is 1.67 bits per heavy atom. The zero-order valence-electron chi connectivity index (χ0n) is 13.9. The van der Waals surface area contributed by atoms with E-state index in [1.54, 1.807) is 13.8 Å². The molecule has 0 bridgehead atoms. The summed E-state index contributed by atoms with van der Waals surface area (Å²) in [5.41, 5.74) is 0. The van der Waals surface area contributed by atoms with Gasteiger partial charge in [-0.1, -0.05) is 13.8 Å². The van der Waals surface area contributed by atoms with Gasteiger partial charge in [0.15, 0.2) is 0 Å². The van der Waals surface area contributed by atoms with Gasteiger partial charge in [-0.2, -0.15) is 0 Å². The summed E-state index contributed by atoms with van der Waals surface area (Å²) in [5, 5.41) is 11.2. The van der Waals surface area contributed by atoms with E-state index in [1.165, 1.54) is 6.92 Å².